The topological polar surface area (TPSA) is 90.1 Å². The predicted octanol–water partition coefficient (Wildman–Crippen LogP) is 4.96. The number of esters is 1. The first-order valence-corrected chi connectivity index (χ1v) is 9.41. The van der Waals surface area contributed by atoms with Crippen LogP contribution in [-0.4, -0.2) is 27.7 Å². The molecule has 2 aromatic carbocycles. The largest absolute Gasteiger partial charge is 0.460 e. The van der Waals surface area contributed by atoms with Gasteiger partial charge >= 0.3 is 5.97 Å². The van der Waals surface area contributed by atoms with Gasteiger partial charge in [-0.15, -0.1) is 0 Å². The first-order chi connectivity index (χ1) is 14.5. The lowest BCUT2D eigenvalue weighted by Gasteiger charge is -2.11. The van der Waals surface area contributed by atoms with Gasteiger partial charge in [-0.1, -0.05) is 22.9 Å². The molecule has 0 radical (unpaired) electrons. The summed E-state index contributed by atoms with van der Waals surface area (Å²) in [5, 5.41) is 7.82. The SMILES string of the molecule is CCOC(=O)c1nc(Nc2ccc(C)cc2C)c2c(-c3ccc(F)cc3)noc2n1. The molecular weight excluding hydrogens is 387 g/mol. The van der Waals surface area contributed by atoms with Gasteiger partial charge in [-0.2, -0.15) is 4.98 Å². The Balaban J connectivity index is 1.89. The van der Waals surface area contributed by atoms with Crippen molar-refractivity contribution in [3.05, 3.63) is 65.2 Å². The molecule has 0 aliphatic carbocycles. The maximum absolute atomic E-state index is 13.4. The van der Waals surface area contributed by atoms with Crippen LogP contribution in [0.15, 0.2) is 47.0 Å². The van der Waals surface area contributed by atoms with Crippen LogP contribution >= 0.6 is 0 Å². The van der Waals surface area contributed by atoms with E-state index in [9.17, 15) is 9.18 Å². The van der Waals surface area contributed by atoms with Crippen LogP contribution in [0.25, 0.3) is 22.4 Å². The molecule has 0 saturated carbocycles. The van der Waals surface area contributed by atoms with Crippen LogP contribution in [0, 0.1) is 19.7 Å². The van der Waals surface area contributed by atoms with Crippen LogP contribution in [-0.2, 0) is 4.74 Å². The molecule has 2 aromatic heterocycles. The molecule has 0 bridgehead atoms. The highest BCUT2D eigenvalue weighted by Gasteiger charge is 2.22. The van der Waals surface area contributed by atoms with E-state index >= 15 is 0 Å². The van der Waals surface area contributed by atoms with Crippen molar-refractivity contribution < 1.29 is 18.4 Å². The minimum atomic E-state index is -0.664. The van der Waals surface area contributed by atoms with Crippen LogP contribution in [0.1, 0.15) is 28.7 Å². The van der Waals surface area contributed by atoms with Gasteiger partial charge in [0, 0.05) is 11.3 Å². The fraction of sp³-hybridized carbons (Fsp3) is 0.182. The normalized spacial score (nSPS) is 10.9. The number of ether oxygens (including phenoxy) is 1. The van der Waals surface area contributed by atoms with E-state index < -0.39 is 5.97 Å². The summed E-state index contributed by atoms with van der Waals surface area (Å²) in [7, 11) is 0. The van der Waals surface area contributed by atoms with E-state index in [1.165, 1.54) is 12.1 Å². The van der Waals surface area contributed by atoms with E-state index in [0.717, 1.165) is 16.8 Å². The number of nitrogens with one attached hydrogen (secondary N) is 1. The number of aromatic nitrogens is 3. The van der Waals surface area contributed by atoms with Gasteiger partial charge < -0.3 is 14.6 Å². The number of carbonyl (C=O) groups is 1. The Morgan fingerprint density at radius 2 is 1.90 bits per heavy atom. The van der Waals surface area contributed by atoms with Crippen molar-refractivity contribution in [1.29, 1.82) is 0 Å². The van der Waals surface area contributed by atoms with Crippen LogP contribution in [0.2, 0.25) is 0 Å². The van der Waals surface area contributed by atoms with Gasteiger partial charge in [0.25, 0.3) is 5.71 Å². The Morgan fingerprint density at radius 3 is 2.60 bits per heavy atom. The van der Waals surface area contributed by atoms with Crippen LogP contribution in [0.5, 0.6) is 0 Å². The molecule has 2 heterocycles. The number of anilines is 2. The molecule has 0 fully saturated rings. The van der Waals surface area contributed by atoms with Crippen molar-refractivity contribution in [2.24, 2.45) is 0 Å². The van der Waals surface area contributed by atoms with Crippen LogP contribution < -0.4 is 5.32 Å². The van der Waals surface area contributed by atoms with E-state index in [0.29, 0.717) is 22.5 Å². The van der Waals surface area contributed by atoms with Gasteiger partial charge in [0.1, 0.15) is 22.7 Å². The molecular formula is C22H19FN4O3. The summed E-state index contributed by atoms with van der Waals surface area (Å²) in [4.78, 5) is 20.8. The molecule has 0 atom stereocenters. The van der Waals surface area contributed by atoms with E-state index in [-0.39, 0.29) is 24.0 Å². The van der Waals surface area contributed by atoms with E-state index in [4.69, 9.17) is 9.26 Å². The van der Waals surface area contributed by atoms with Gasteiger partial charge in [-0.25, -0.2) is 14.2 Å². The molecule has 1 N–H and O–H groups in total. The minimum absolute atomic E-state index is 0.125. The first-order valence-electron chi connectivity index (χ1n) is 9.41. The summed E-state index contributed by atoms with van der Waals surface area (Å²) >= 11 is 0. The summed E-state index contributed by atoms with van der Waals surface area (Å²) < 4.78 is 23.8. The monoisotopic (exact) mass is 406 g/mol. The molecule has 30 heavy (non-hydrogen) atoms. The first kappa shape index (κ1) is 19.5. The molecule has 7 nitrogen and oxygen atoms in total. The Hall–Kier alpha value is -3.81. The second kappa shape index (κ2) is 7.90. The molecule has 152 valence electrons. The highest BCUT2D eigenvalue weighted by atomic mass is 19.1. The number of carbonyl (C=O) groups excluding carboxylic acids is 1. The summed E-state index contributed by atoms with van der Waals surface area (Å²) in [6.45, 7) is 5.86. The van der Waals surface area contributed by atoms with Crippen molar-refractivity contribution in [1.82, 2.24) is 15.1 Å². The van der Waals surface area contributed by atoms with Crippen molar-refractivity contribution in [2.75, 3.05) is 11.9 Å². The number of nitrogens with zero attached hydrogens (tertiary/aromatic N) is 3. The molecule has 0 aliphatic heterocycles. The van der Waals surface area contributed by atoms with Gasteiger partial charge in [0.2, 0.25) is 5.82 Å². The van der Waals surface area contributed by atoms with E-state index in [1.54, 1.807) is 19.1 Å². The highest BCUT2D eigenvalue weighted by Crippen LogP contribution is 2.34. The van der Waals surface area contributed by atoms with Gasteiger partial charge in [-0.05, 0) is 56.7 Å². The fourth-order valence-corrected chi connectivity index (χ4v) is 3.12. The minimum Gasteiger partial charge on any atom is -0.460 e. The number of hydrogen-bond acceptors (Lipinski definition) is 7. The molecule has 4 aromatic rings. The molecule has 4 rings (SSSR count). The second-order valence-electron chi connectivity index (χ2n) is 6.78. The summed E-state index contributed by atoms with van der Waals surface area (Å²) in [5.41, 5.74) is 4.12. The van der Waals surface area contributed by atoms with Crippen molar-refractivity contribution in [3.63, 3.8) is 0 Å². The number of benzene rings is 2. The lowest BCUT2D eigenvalue weighted by Crippen LogP contribution is -2.11. The lowest BCUT2D eigenvalue weighted by molar-refractivity contribution is 0.0512. The third kappa shape index (κ3) is 3.71. The van der Waals surface area contributed by atoms with Crippen LogP contribution in [0.4, 0.5) is 15.9 Å². The Morgan fingerprint density at radius 1 is 1.13 bits per heavy atom. The van der Waals surface area contributed by atoms with E-state index in [1.807, 2.05) is 32.0 Å². The van der Waals surface area contributed by atoms with E-state index in [2.05, 4.69) is 20.4 Å². The fourth-order valence-electron chi connectivity index (χ4n) is 3.12. The standard InChI is InChI=1S/C22H19FN4O3/c1-4-29-22(28)20-25-19(24-16-10-5-12(2)11-13(16)3)17-18(27-30-21(17)26-20)14-6-8-15(23)9-7-14/h5-11H,4H2,1-3H3,(H,24,25,26). The average Bonchev–Trinajstić information content (AvgIpc) is 3.15. The number of fused-ring (bicyclic) bond motifs is 1. The maximum atomic E-state index is 13.4. The average molecular weight is 406 g/mol. The zero-order valence-electron chi connectivity index (χ0n) is 16.7. The van der Waals surface area contributed by atoms with Crippen molar-refractivity contribution in [3.8, 4) is 11.3 Å². The molecule has 0 aliphatic rings. The summed E-state index contributed by atoms with van der Waals surface area (Å²) in [6.07, 6.45) is 0. The summed E-state index contributed by atoms with van der Waals surface area (Å²) in [5.74, 6) is -0.821. The lowest BCUT2D eigenvalue weighted by atomic mass is 10.1. The maximum Gasteiger partial charge on any atom is 0.376 e. The van der Waals surface area contributed by atoms with Crippen molar-refractivity contribution in [2.45, 2.75) is 20.8 Å². The predicted molar refractivity (Wildman–Crippen MR) is 110 cm³/mol. The quantitative estimate of drug-likeness (QED) is 0.468. The molecule has 0 spiro atoms. The van der Waals surface area contributed by atoms with Gasteiger partial charge in [0.05, 0.1) is 6.61 Å². The molecule has 0 amide bonds. The molecule has 8 heteroatoms. The van der Waals surface area contributed by atoms with Gasteiger partial charge in [0.15, 0.2) is 0 Å². The number of hydrogen-bond donors (Lipinski definition) is 1. The smallest absolute Gasteiger partial charge is 0.376 e. The second-order valence-corrected chi connectivity index (χ2v) is 6.78. The third-order valence-electron chi connectivity index (χ3n) is 4.55. The third-order valence-corrected chi connectivity index (χ3v) is 4.55. The number of aryl methyl sites for hydroxylation is 2. The zero-order chi connectivity index (χ0) is 21.3. The van der Waals surface area contributed by atoms with Crippen molar-refractivity contribution >= 4 is 28.6 Å². The number of halogens is 1. The Bertz CT molecular complexity index is 1240. The van der Waals surface area contributed by atoms with Crippen LogP contribution in [0.3, 0.4) is 0 Å². The zero-order valence-corrected chi connectivity index (χ0v) is 16.7. The molecule has 0 unspecified atom stereocenters. The Kier molecular flexibility index (Phi) is 5.14. The molecule has 0 saturated heterocycles. The summed E-state index contributed by atoms with van der Waals surface area (Å²) in [6, 6.07) is 11.8. The Labute approximate surface area is 171 Å². The van der Waals surface area contributed by atoms with Gasteiger partial charge in [-0.3, -0.25) is 0 Å². The highest BCUT2D eigenvalue weighted by molar-refractivity contribution is 6.01. The number of rotatable bonds is 5.